The Morgan fingerprint density at radius 2 is 2.24 bits per heavy atom. The molecule has 2 N–H and O–H groups in total. The third-order valence-electron chi connectivity index (χ3n) is 4.02. The highest BCUT2D eigenvalue weighted by atomic mass is 32.1. The minimum atomic E-state index is -0.159. The summed E-state index contributed by atoms with van der Waals surface area (Å²) < 4.78 is 0. The van der Waals surface area contributed by atoms with Crippen LogP contribution in [0.1, 0.15) is 34.8 Å². The standard InChI is InChI=1S/C17H23N5O2S/c1-11(2)10-21-6-7-22(17(21)24)16-20-12(3)14(25-16)15(23)19-9-13-4-5-18-8-13/h4-5,8,11,18H,6-7,9-10H2,1-3H3,(H,19,23). The van der Waals surface area contributed by atoms with E-state index in [4.69, 9.17) is 0 Å². The Bertz CT molecular complexity index is 753. The van der Waals surface area contributed by atoms with Crippen LogP contribution in [0.4, 0.5) is 9.93 Å². The van der Waals surface area contributed by atoms with E-state index in [1.54, 1.807) is 11.8 Å². The van der Waals surface area contributed by atoms with Crippen molar-refractivity contribution >= 4 is 28.4 Å². The number of aromatic nitrogens is 2. The summed E-state index contributed by atoms with van der Waals surface area (Å²) in [7, 11) is 0. The van der Waals surface area contributed by atoms with E-state index in [1.807, 2.05) is 23.4 Å². The minimum Gasteiger partial charge on any atom is -0.367 e. The highest BCUT2D eigenvalue weighted by Gasteiger charge is 2.32. The van der Waals surface area contributed by atoms with Crippen molar-refractivity contribution in [3.05, 3.63) is 34.6 Å². The van der Waals surface area contributed by atoms with Crippen LogP contribution in [-0.2, 0) is 6.54 Å². The van der Waals surface area contributed by atoms with Gasteiger partial charge >= 0.3 is 6.03 Å². The van der Waals surface area contributed by atoms with Gasteiger partial charge in [0.25, 0.3) is 5.91 Å². The SMILES string of the molecule is Cc1nc(N2CCN(CC(C)C)C2=O)sc1C(=O)NCc1cc[nH]c1. The maximum absolute atomic E-state index is 12.5. The Balaban J connectivity index is 1.68. The zero-order valence-electron chi connectivity index (χ0n) is 14.7. The molecule has 1 aliphatic heterocycles. The van der Waals surface area contributed by atoms with Gasteiger partial charge in [0.2, 0.25) is 0 Å². The Labute approximate surface area is 151 Å². The van der Waals surface area contributed by atoms with Crippen LogP contribution < -0.4 is 10.2 Å². The first-order chi connectivity index (χ1) is 12.0. The quantitative estimate of drug-likeness (QED) is 0.830. The van der Waals surface area contributed by atoms with Crippen molar-refractivity contribution < 1.29 is 9.59 Å². The molecule has 3 amide bonds. The van der Waals surface area contributed by atoms with Crippen molar-refractivity contribution in [2.75, 3.05) is 24.5 Å². The number of urea groups is 1. The van der Waals surface area contributed by atoms with Gasteiger partial charge in [0, 0.05) is 38.6 Å². The number of H-pyrrole nitrogens is 1. The summed E-state index contributed by atoms with van der Waals surface area (Å²) in [5, 5.41) is 3.49. The summed E-state index contributed by atoms with van der Waals surface area (Å²) in [6, 6.07) is 1.89. The first-order valence-electron chi connectivity index (χ1n) is 8.39. The lowest BCUT2D eigenvalue weighted by atomic mass is 10.2. The molecule has 1 fully saturated rings. The van der Waals surface area contributed by atoms with E-state index in [9.17, 15) is 9.59 Å². The average molecular weight is 361 g/mol. The number of anilines is 1. The number of carbonyl (C=O) groups excluding carboxylic acids is 2. The molecule has 0 saturated carbocycles. The van der Waals surface area contributed by atoms with Crippen molar-refractivity contribution in [2.45, 2.75) is 27.3 Å². The molecule has 0 aliphatic carbocycles. The molecule has 25 heavy (non-hydrogen) atoms. The number of aromatic amines is 1. The van der Waals surface area contributed by atoms with E-state index in [2.05, 4.69) is 29.1 Å². The summed E-state index contributed by atoms with van der Waals surface area (Å²) >= 11 is 1.27. The Kier molecular flexibility index (Phi) is 5.08. The second kappa shape index (κ2) is 7.26. The van der Waals surface area contributed by atoms with Crippen LogP contribution >= 0.6 is 11.3 Å². The molecule has 1 saturated heterocycles. The van der Waals surface area contributed by atoms with Gasteiger partial charge in [-0.1, -0.05) is 25.2 Å². The molecule has 3 heterocycles. The molecule has 134 valence electrons. The van der Waals surface area contributed by atoms with Crippen LogP contribution in [-0.4, -0.2) is 46.4 Å². The molecule has 3 rings (SSSR count). The third kappa shape index (κ3) is 3.84. The fraction of sp³-hybridized carbons (Fsp3) is 0.471. The van der Waals surface area contributed by atoms with Gasteiger partial charge in [-0.2, -0.15) is 0 Å². The Morgan fingerprint density at radius 1 is 1.44 bits per heavy atom. The van der Waals surface area contributed by atoms with Crippen LogP contribution in [0.25, 0.3) is 0 Å². The first kappa shape index (κ1) is 17.5. The lowest BCUT2D eigenvalue weighted by Gasteiger charge is -2.18. The molecule has 0 radical (unpaired) electrons. The van der Waals surface area contributed by atoms with Gasteiger partial charge in [-0.15, -0.1) is 0 Å². The van der Waals surface area contributed by atoms with E-state index in [-0.39, 0.29) is 11.9 Å². The van der Waals surface area contributed by atoms with E-state index >= 15 is 0 Å². The summed E-state index contributed by atoms with van der Waals surface area (Å²) in [5.41, 5.74) is 1.66. The molecule has 2 aromatic rings. The number of hydrogen-bond donors (Lipinski definition) is 2. The summed E-state index contributed by atoms with van der Waals surface area (Å²) in [4.78, 5) is 36.4. The Hall–Kier alpha value is -2.35. The van der Waals surface area contributed by atoms with Gasteiger partial charge in [0.15, 0.2) is 5.13 Å². The molecule has 8 heteroatoms. The fourth-order valence-electron chi connectivity index (χ4n) is 2.81. The van der Waals surface area contributed by atoms with Gasteiger partial charge in [-0.05, 0) is 24.5 Å². The van der Waals surface area contributed by atoms with Gasteiger partial charge in [0.05, 0.1) is 5.69 Å². The van der Waals surface area contributed by atoms with E-state index < -0.39 is 0 Å². The zero-order chi connectivity index (χ0) is 18.0. The van der Waals surface area contributed by atoms with Crippen molar-refractivity contribution in [1.82, 2.24) is 20.2 Å². The number of nitrogens with one attached hydrogen (secondary N) is 2. The highest BCUT2D eigenvalue weighted by molar-refractivity contribution is 7.17. The van der Waals surface area contributed by atoms with E-state index in [1.165, 1.54) is 11.3 Å². The molecular weight excluding hydrogens is 338 g/mol. The molecule has 0 atom stereocenters. The molecule has 0 unspecified atom stereocenters. The number of amides is 3. The van der Waals surface area contributed by atoms with Crippen molar-refractivity contribution in [1.29, 1.82) is 0 Å². The lowest BCUT2D eigenvalue weighted by Crippen LogP contribution is -2.34. The van der Waals surface area contributed by atoms with Crippen LogP contribution in [0.15, 0.2) is 18.5 Å². The molecule has 0 aromatic carbocycles. The second-order valence-corrected chi connectivity index (χ2v) is 7.56. The molecule has 0 spiro atoms. The number of thiazole rings is 1. The zero-order valence-corrected chi connectivity index (χ0v) is 15.5. The van der Waals surface area contributed by atoms with Crippen LogP contribution in [0.2, 0.25) is 0 Å². The Morgan fingerprint density at radius 3 is 2.92 bits per heavy atom. The third-order valence-corrected chi connectivity index (χ3v) is 5.20. The molecule has 2 aromatic heterocycles. The predicted molar refractivity (Wildman–Crippen MR) is 98.0 cm³/mol. The number of rotatable bonds is 6. The summed E-state index contributed by atoms with van der Waals surface area (Å²) in [6.07, 6.45) is 3.66. The topological polar surface area (TPSA) is 81.3 Å². The molecule has 7 nitrogen and oxygen atoms in total. The van der Waals surface area contributed by atoms with Crippen molar-refractivity contribution in [3.63, 3.8) is 0 Å². The largest absolute Gasteiger partial charge is 0.367 e. The molecular formula is C17H23N5O2S. The van der Waals surface area contributed by atoms with Gasteiger partial charge in [-0.3, -0.25) is 9.69 Å². The second-order valence-electron chi connectivity index (χ2n) is 6.59. The molecule has 1 aliphatic rings. The van der Waals surface area contributed by atoms with Crippen LogP contribution in [0, 0.1) is 12.8 Å². The van der Waals surface area contributed by atoms with E-state index in [0.717, 1.165) is 12.1 Å². The van der Waals surface area contributed by atoms with Crippen LogP contribution in [0.5, 0.6) is 0 Å². The van der Waals surface area contributed by atoms with Crippen LogP contribution in [0.3, 0.4) is 0 Å². The smallest absolute Gasteiger partial charge is 0.326 e. The first-order valence-corrected chi connectivity index (χ1v) is 9.21. The predicted octanol–water partition coefficient (Wildman–Crippen LogP) is 2.61. The maximum Gasteiger partial charge on any atom is 0.326 e. The van der Waals surface area contributed by atoms with Gasteiger partial charge in [-0.25, -0.2) is 9.78 Å². The normalized spacial score (nSPS) is 14.6. The molecule has 0 bridgehead atoms. The van der Waals surface area contributed by atoms with Gasteiger partial charge < -0.3 is 15.2 Å². The number of nitrogens with zero attached hydrogens (tertiary/aromatic N) is 3. The number of carbonyl (C=O) groups is 2. The number of hydrogen-bond acceptors (Lipinski definition) is 4. The monoisotopic (exact) mass is 361 g/mol. The highest BCUT2D eigenvalue weighted by Crippen LogP contribution is 2.29. The van der Waals surface area contributed by atoms with Gasteiger partial charge in [0.1, 0.15) is 4.88 Å². The fourth-order valence-corrected chi connectivity index (χ4v) is 3.81. The lowest BCUT2D eigenvalue weighted by molar-refractivity contribution is 0.0954. The summed E-state index contributed by atoms with van der Waals surface area (Å²) in [5.74, 6) is 0.268. The van der Waals surface area contributed by atoms with Crippen molar-refractivity contribution in [2.24, 2.45) is 5.92 Å². The van der Waals surface area contributed by atoms with Crippen molar-refractivity contribution in [3.8, 4) is 0 Å². The maximum atomic E-state index is 12.5. The van der Waals surface area contributed by atoms with E-state index in [0.29, 0.717) is 41.3 Å². The average Bonchev–Trinajstić information content (AvgIpc) is 3.27. The summed E-state index contributed by atoms with van der Waals surface area (Å²) in [6.45, 7) is 8.50. The minimum absolute atomic E-state index is 0.0262. The number of aryl methyl sites for hydroxylation is 1.